The molecule has 0 aliphatic heterocycles. The third-order valence-corrected chi connectivity index (χ3v) is 1.85. The van der Waals surface area contributed by atoms with E-state index in [4.69, 9.17) is 5.73 Å². The summed E-state index contributed by atoms with van der Waals surface area (Å²) >= 11 is 0. The minimum Gasteiger partial charge on any atom is -0.369 e. The molecule has 0 spiro atoms. The van der Waals surface area contributed by atoms with Crippen LogP contribution in [-0.2, 0) is 23.9 Å². The van der Waals surface area contributed by atoms with E-state index in [0.29, 0.717) is 6.42 Å². The third-order valence-electron chi connectivity index (χ3n) is 1.85. The maximum Gasteiger partial charge on any atom is 0.434 e. The van der Waals surface area contributed by atoms with Crippen LogP contribution in [0.1, 0.15) is 24.7 Å². The van der Waals surface area contributed by atoms with E-state index in [2.05, 4.69) is 10.3 Å². The number of carbonyl (C=O) groups is 1. The lowest BCUT2D eigenvalue weighted by Gasteiger charge is -2.09. The van der Waals surface area contributed by atoms with Gasteiger partial charge >= 0.3 is 6.18 Å². The summed E-state index contributed by atoms with van der Waals surface area (Å²) in [6.07, 6.45) is -4.65. The Morgan fingerprint density at radius 3 is 2.56 bits per heavy atom. The predicted molar refractivity (Wildman–Crippen MR) is 48.2 cm³/mol. The van der Waals surface area contributed by atoms with Crippen molar-refractivity contribution >= 4 is 5.91 Å². The molecular formula is C8H11F3N4O. The van der Waals surface area contributed by atoms with Crippen molar-refractivity contribution in [3.05, 3.63) is 11.4 Å². The zero-order valence-electron chi connectivity index (χ0n) is 8.58. The first-order valence-electron chi connectivity index (χ1n) is 4.64. The molecule has 1 rings (SSSR count). The number of aromatic nitrogens is 3. The van der Waals surface area contributed by atoms with Crippen LogP contribution in [0.5, 0.6) is 0 Å². The second kappa shape index (κ2) is 4.50. The van der Waals surface area contributed by atoms with Crippen LogP contribution in [0.2, 0.25) is 0 Å². The number of primary amides is 1. The van der Waals surface area contributed by atoms with Gasteiger partial charge in [-0.2, -0.15) is 13.2 Å². The van der Waals surface area contributed by atoms with Gasteiger partial charge in [-0.1, -0.05) is 12.1 Å². The zero-order chi connectivity index (χ0) is 12.3. The van der Waals surface area contributed by atoms with Gasteiger partial charge in [0.15, 0.2) is 5.69 Å². The van der Waals surface area contributed by atoms with Crippen LogP contribution in [0.15, 0.2) is 0 Å². The third kappa shape index (κ3) is 2.71. The number of nitrogens with two attached hydrogens (primary N) is 1. The van der Waals surface area contributed by atoms with Crippen LogP contribution in [-0.4, -0.2) is 20.9 Å². The Labute approximate surface area is 89.4 Å². The summed E-state index contributed by atoms with van der Waals surface area (Å²) in [6.45, 7) is 1.82. The van der Waals surface area contributed by atoms with E-state index in [9.17, 15) is 18.0 Å². The number of rotatable bonds is 4. The summed E-state index contributed by atoms with van der Waals surface area (Å²) in [6, 6.07) is 0. The van der Waals surface area contributed by atoms with Crippen molar-refractivity contribution in [2.75, 3.05) is 0 Å². The number of alkyl halides is 3. The molecule has 5 nitrogen and oxygen atoms in total. The first kappa shape index (κ1) is 12.5. The van der Waals surface area contributed by atoms with Crippen LogP contribution in [0, 0.1) is 0 Å². The molecule has 1 amide bonds. The monoisotopic (exact) mass is 236 g/mol. The van der Waals surface area contributed by atoms with Crippen LogP contribution in [0.4, 0.5) is 13.2 Å². The lowest BCUT2D eigenvalue weighted by Crippen LogP contribution is -2.20. The zero-order valence-corrected chi connectivity index (χ0v) is 8.58. The van der Waals surface area contributed by atoms with Gasteiger partial charge in [0.25, 0.3) is 0 Å². The van der Waals surface area contributed by atoms with E-state index >= 15 is 0 Å². The molecule has 0 saturated carbocycles. The number of amides is 1. The number of nitrogens with zero attached hydrogens (tertiary/aromatic N) is 3. The highest BCUT2D eigenvalue weighted by Gasteiger charge is 2.39. The van der Waals surface area contributed by atoms with Crippen molar-refractivity contribution in [1.82, 2.24) is 15.0 Å². The number of hydrogen-bond donors (Lipinski definition) is 1. The van der Waals surface area contributed by atoms with Gasteiger partial charge in [0, 0.05) is 6.54 Å². The molecular weight excluding hydrogens is 225 g/mol. The fourth-order valence-corrected chi connectivity index (χ4v) is 1.31. The largest absolute Gasteiger partial charge is 0.434 e. The van der Waals surface area contributed by atoms with Gasteiger partial charge in [0.05, 0.1) is 6.42 Å². The Hall–Kier alpha value is -1.60. The molecule has 16 heavy (non-hydrogen) atoms. The fraction of sp³-hybridized carbons (Fsp3) is 0.625. The Bertz CT molecular complexity index is 385. The lowest BCUT2D eigenvalue weighted by atomic mass is 10.2. The van der Waals surface area contributed by atoms with Crippen LogP contribution >= 0.6 is 0 Å². The average molecular weight is 236 g/mol. The number of hydrogen-bond acceptors (Lipinski definition) is 3. The topological polar surface area (TPSA) is 73.8 Å². The standard InChI is InChI=1S/C8H11F3N4O/c1-2-3-15-7(8(9,10)11)5(13-14-15)4-6(12)16/h2-4H2,1H3,(H2,12,16). The molecule has 0 fully saturated rings. The summed E-state index contributed by atoms with van der Waals surface area (Å²) < 4.78 is 38.7. The fourth-order valence-electron chi connectivity index (χ4n) is 1.31. The minimum absolute atomic E-state index is 0.0978. The van der Waals surface area contributed by atoms with Gasteiger partial charge in [-0.25, -0.2) is 4.68 Å². The van der Waals surface area contributed by atoms with Crippen molar-refractivity contribution in [1.29, 1.82) is 0 Å². The van der Waals surface area contributed by atoms with Crippen LogP contribution < -0.4 is 5.73 Å². The molecule has 0 bridgehead atoms. The van der Waals surface area contributed by atoms with Gasteiger partial charge in [-0.3, -0.25) is 4.79 Å². The SMILES string of the molecule is CCCn1nnc(CC(N)=O)c1C(F)(F)F. The van der Waals surface area contributed by atoms with E-state index in [0.717, 1.165) is 4.68 Å². The molecule has 0 unspecified atom stereocenters. The molecule has 2 N–H and O–H groups in total. The maximum atomic E-state index is 12.7. The van der Waals surface area contributed by atoms with E-state index < -0.39 is 29.9 Å². The quantitative estimate of drug-likeness (QED) is 0.837. The Morgan fingerprint density at radius 1 is 1.50 bits per heavy atom. The maximum absolute atomic E-state index is 12.7. The molecule has 0 saturated heterocycles. The molecule has 1 aromatic rings. The van der Waals surface area contributed by atoms with Gasteiger partial charge in [-0.15, -0.1) is 5.10 Å². The normalized spacial score (nSPS) is 11.8. The summed E-state index contributed by atoms with van der Waals surface area (Å²) in [5, 5.41) is 6.70. The molecule has 0 aliphatic rings. The van der Waals surface area contributed by atoms with Crippen molar-refractivity contribution in [3.8, 4) is 0 Å². The number of aryl methyl sites for hydroxylation is 1. The Morgan fingerprint density at radius 2 is 2.12 bits per heavy atom. The molecule has 8 heteroatoms. The van der Waals surface area contributed by atoms with Gasteiger partial charge in [-0.05, 0) is 6.42 Å². The summed E-state index contributed by atoms with van der Waals surface area (Å²) in [7, 11) is 0. The molecule has 1 aromatic heterocycles. The second-order valence-electron chi connectivity index (χ2n) is 3.25. The van der Waals surface area contributed by atoms with Crippen LogP contribution in [0.25, 0.3) is 0 Å². The van der Waals surface area contributed by atoms with Gasteiger partial charge in [0.2, 0.25) is 5.91 Å². The highest BCUT2D eigenvalue weighted by molar-refractivity contribution is 5.76. The molecule has 0 atom stereocenters. The number of halogens is 3. The summed E-state index contributed by atoms with van der Waals surface area (Å²) in [4.78, 5) is 10.6. The summed E-state index contributed by atoms with van der Waals surface area (Å²) in [5.74, 6) is -0.867. The first-order chi connectivity index (χ1) is 7.36. The molecule has 0 aliphatic carbocycles. The highest BCUT2D eigenvalue weighted by Crippen LogP contribution is 2.31. The average Bonchev–Trinajstić information content (AvgIpc) is 2.46. The minimum atomic E-state index is -4.58. The smallest absolute Gasteiger partial charge is 0.369 e. The van der Waals surface area contributed by atoms with E-state index in [1.807, 2.05) is 0 Å². The van der Waals surface area contributed by atoms with Crippen molar-refractivity contribution < 1.29 is 18.0 Å². The molecule has 0 aromatic carbocycles. The second-order valence-corrected chi connectivity index (χ2v) is 3.25. The van der Waals surface area contributed by atoms with Crippen molar-refractivity contribution in [2.24, 2.45) is 5.73 Å². The highest BCUT2D eigenvalue weighted by atomic mass is 19.4. The first-order valence-corrected chi connectivity index (χ1v) is 4.64. The van der Waals surface area contributed by atoms with E-state index in [1.54, 1.807) is 6.92 Å². The van der Waals surface area contributed by atoms with E-state index in [1.165, 1.54) is 0 Å². The van der Waals surface area contributed by atoms with Crippen molar-refractivity contribution in [3.63, 3.8) is 0 Å². The molecule has 90 valence electrons. The number of carbonyl (C=O) groups excluding carboxylic acids is 1. The summed E-state index contributed by atoms with van der Waals surface area (Å²) in [5.41, 5.74) is 3.42. The Balaban J connectivity index is 3.14. The Kier molecular flexibility index (Phi) is 3.51. The molecule has 0 radical (unpaired) electrons. The molecule has 1 heterocycles. The van der Waals surface area contributed by atoms with Gasteiger partial charge < -0.3 is 5.73 Å². The van der Waals surface area contributed by atoms with Crippen LogP contribution in [0.3, 0.4) is 0 Å². The lowest BCUT2D eigenvalue weighted by molar-refractivity contribution is -0.144. The van der Waals surface area contributed by atoms with E-state index in [-0.39, 0.29) is 6.54 Å². The van der Waals surface area contributed by atoms with Gasteiger partial charge in [0.1, 0.15) is 5.69 Å². The predicted octanol–water partition coefficient (Wildman–Crippen LogP) is 0.735. The van der Waals surface area contributed by atoms with Crippen molar-refractivity contribution in [2.45, 2.75) is 32.5 Å².